The van der Waals surface area contributed by atoms with Crippen LogP contribution < -0.4 is 9.47 Å². The van der Waals surface area contributed by atoms with Gasteiger partial charge in [-0.2, -0.15) is 0 Å². The van der Waals surface area contributed by atoms with Gasteiger partial charge in [0, 0.05) is 13.1 Å². The molecule has 1 aliphatic heterocycles. The van der Waals surface area contributed by atoms with E-state index in [1.165, 1.54) is 15.8 Å². The van der Waals surface area contributed by atoms with Gasteiger partial charge in [-0.05, 0) is 60.9 Å². The highest BCUT2D eigenvalue weighted by atomic mass is 32.1. The highest BCUT2D eigenvalue weighted by molar-refractivity contribution is 7.19. The van der Waals surface area contributed by atoms with Gasteiger partial charge in [0.25, 0.3) is 5.91 Å². The van der Waals surface area contributed by atoms with Crippen molar-refractivity contribution in [2.24, 2.45) is 0 Å². The van der Waals surface area contributed by atoms with Crippen molar-refractivity contribution in [3.8, 4) is 11.5 Å². The van der Waals surface area contributed by atoms with Crippen molar-refractivity contribution < 1.29 is 19.0 Å². The Morgan fingerprint density at radius 2 is 1.90 bits per heavy atom. The van der Waals surface area contributed by atoms with Crippen LogP contribution in [0, 0.1) is 13.8 Å². The van der Waals surface area contributed by atoms with Gasteiger partial charge in [0.05, 0.1) is 30.5 Å². The number of aromatic nitrogens is 1. The van der Waals surface area contributed by atoms with Gasteiger partial charge in [-0.3, -0.25) is 4.79 Å². The maximum atomic E-state index is 12.3. The number of benzene rings is 2. The molecule has 1 aromatic heterocycles. The van der Waals surface area contributed by atoms with Crippen LogP contribution in [0.3, 0.4) is 0 Å². The molecule has 0 aliphatic carbocycles. The van der Waals surface area contributed by atoms with Crippen molar-refractivity contribution in [1.82, 2.24) is 9.88 Å². The van der Waals surface area contributed by atoms with E-state index < -0.39 is 0 Å². The number of nitrogens with zero attached hydrogens (tertiary/aromatic N) is 2. The summed E-state index contributed by atoms with van der Waals surface area (Å²) >= 11 is 1.67. The third-order valence-electron chi connectivity index (χ3n) is 5.34. The van der Waals surface area contributed by atoms with Crippen molar-refractivity contribution in [2.75, 3.05) is 40.0 Å². The minimum Gasteiger partial charge on any atom is -0.493 e. The summed E-state index contributed by atoms with van der Waals surface area (Å²) in [6.45, 7) is 6.56. The van der Waals surface area contributed by atoms with E-state index in [-0.39, 0.29) is 12.5 Å². The number of ether oxygens (including phenoxy) is 3. The fourth-order valence-corrected chi connectivity index (χ4v) is 4.34. The fourth-order valence-electron chi connectivity index (χ4n) is 3.39. The highest BCUT2D eigenvalue weighted by Gasteiger charge is 2.18. The van der Waals surface area contributed by atoms with Crippen LogP contribution >= 0.6 is 11.3 Å². The number of methoxy groups -OCH3 is 1. The molecule has 0 radical (unpaired) electrons. The van der Waals surface area contributed by atoms with Gasteiger partial charge < -0.3 is 19.1 Å². The minimum atomic E-state index is -0.0457. The van der Waals surface area contributed by atoms with E-state index in [2.05, 4.69) is 26.0 Å². The number of rotatable bonds is 6. The van der Waals surface area contributed by atoms with Gasteiger partial charge in [0.1, 0.15) is 5.01 Å². The average molecular weight is 439 g/mol. The van der Waals surface area contributed by atoms with Gasteiger partial charge in [-0.25, -0.2) is 4.98 Å². The lowest BCUT2D eigenvalue weighted by Gasteiger charge is -2.26. The van der Waals surface area contributed by atoms with E-state index in [4.69, 9.17) is 19.2 Å². The lowest BCUT2D eigenvalue weighted by Crippen LogP contribution is -2.43. The molecule has 6 nitrogen and oxygen atoms in total. The topological polar surface area (TPSA) is 60.9 Å². The van der Waals surface area contributed by atoms with Crippen molar-refractivity contribution in [3.05, 3.63) is 52.0 Å². The van der Waals surface area contributed by atoms with Crippen LogP contribution in [-0.2, 0) is 9.53 Å². The molecule has 2 heterocycles. The average Bonchev–Trinajstić information content (AvgIpc) is 3.18. The van der Waals surface area contributed by atoms with E-state index in [0.717, 1.165) is 16.1 Å². The zero-order valence-electron chi connectivity index (χ0n) is 18.0. The number of aryl methyl sites for hydroxylation is 2. The van der Waals surface area contributed by atoms with E-state index in [0.29, 0.717) is 37.8 Å². The maximum absolute atomic E-state index is 12.3. The predicted octanol–water partition coefficient (Wildman–Crippen LogP) is 4.33. The molecular formula is C24H26N2O4S. The van der Waals surface area contributed by atoms with Gasteiger partial charge in [0.2, 0.25) is 0 Å². The largest absolute Gasteiger partial charge is 0.493 e. The molecule has 3 aromatic rings. The molecule has 1 amide bonds. The molecule has 1 fully saturated rings. The molecule has 0 bridgehead atoms. The summed E-state index contributed by atoms with van der Waals surface area (Å²) in [6.07, 6.45) is 4.01. The zero-order valence-corrected chi connectivity index (χ0v) is 18.8. The Morgan fingerprint density at radius 1 is 1.13 bits per heavy atom. The number of thiazole rings is 1. The number of hydrogen-bond donors (Lipinski definition) is 0. The molecule has 31 heavy (non-hydrogen) atoms. The fraction of sp³-hybridized carbons (Fsp3) is 0.333. The van der Waals surface area contributed by atoms with E-state index in [1.807, 2.05) is 30.4 Å². The normalized spacial score (nSPS) is 14.4. The van der Waals surface area contributed by atoms with Gasteiger partial charge >= 0.3 is 0 Å². The van der Waals surface area contributed by atoms with Crippen molar-refractivity contribution in [2.45, 2.75) is 13.8 Å². The van der Waals surface area contributed by atoms with Crippen LogP contribution in [-0.4, -0.2) is 55.8 Å². The number of carbonyl (C=O) groups excluding carboxylic acids is 1. The Balaban J connectivity index is 1.44. The first-order valence-corrected chi connectivity index (χ1v) is 11.1. The summed E-state index contributed by atoms with van der Waals surface area (Å²) in [5.74, 6) is 1.09. The smallest absolute Gasteiger partial charge is 0.260 e. The van der Waals surface area contributed by atoms with Crippen LogP contribution in [0.1, 0.15) is 21.7 Å². The van der Waals surface area contributed by atoms with Crippen LogP contribution in [0.2, 0.25) is 0 Å². The Bertz CT molecular complexity index is 1080. The molecule has 4 rings (SSSR count). The van der Waals surface area contributed by atoms with Crippen molar-refractivity contribution in [1.29, 1.82) is 0 Å². The molecule has 7 heteroatoms. The van der Waals surface area contributed by atoms with Crippen molar-refractivity contribution >= 4 is 39.6 Å². The molecule has 0 unspecified atom stereocenters. The third-order valence-corrected chi connectivity index (χ3v) is 6.32. The van der Waals surface area contributed by atoms with Crippen LogP contribution in [0.15, 0.2) is 30.3 Å². The number of morpholine rings is 1. The van der Waals surface area contributed by atoms with Gasteiger partial charge in [-0.1, -0.05) is 12.1 Å². The molecular weight excluding hydrogens is 412 g/mol. The summed E-state index contributed by atoms with van der Waals surface area (Å²) in [7, 11) is 1.59. The summed E-state index contributed by atoms with van der Waals surface area (Å²) in [4.78, 5) is 18.8. The summed E-state index contributed by atoms with van der Waals surface area (Å²) < 4.78 is 17.7. The van der Waals surface area contributed by atoms with E-state index >= 15 is 0 Å². The number of carbonyl (C=O) groups is 1. The van der Waals surface area contributed by atoms with Crippen LogP contribution in [0.5, 0.6) is 11.5 Å². The quantitative estimate of drug-likeness (QED) is 0.573. The monoisotopic (exact) mass is 438 g/mol. The standard InChI is InChI=1S/C24H26N2O4S/c1-16-12-19-22(13-17(16)2)31-23(25-19)7-5-18-4-6-20(21(14-18)28-3)30-15-24(27)26-8-10-29-11-9-26/h4-7,12-14H,8-11,15H2,1-3H3. The highest BCUT2D eigenvalue weighted by Crippen LogP contribution is 2.30. The first kappa shape index (κ1) is 21.3. The summed E-state index contributed by atoms with van der Waals surface area (Å²) in [5.41, 5.74) is 4.52. The Hall–Kier alpha value is -2.90. The number of fused-ring (bicyclic) bond motifs is 1. The summed E-state index contributed by atoms with van der Waals surface area (Å²) in [6, 6.07) is 9.98. The van der Waals surface area contributed by atoms with Crippen LogP contribution in [0.25, 0.3) is 22.4 Å². The number of hydrogen-bond acceptors (Lipinski definition) is 6. The van der Waals surface area contributed by atoms with E-state index in [9.17, 15) is 4.79 Å². The summed E-state index contributed by atoms with van der Waals surface area (Å²) in [5, 5.41) is 0.954. The Kier molecular flexibility index (Phi) is 6.53. The molecule has 0 atom stereocenters. The second-order valence-electron chi connectivity index (χ2n) is 7.48. The minimum absolute atomic E-state index is 0.0178. The predicted molar refractivity (Wildman–Crippen MR) is 124 cm³/mol. The maximum Gasteiger partial charge on any atom is 0.260 e. The SMILES string of the molecule is COc1cc(C=Cc2nc3cc(C)c(C)cc3s2)ccc1OCC(=O)N1CCOCC1. The lowest BCUT2D eigenvalue weighted by molar-refractivity contribution is -0.137. The first-order valence-electron chi connectivity index (χ1n) is 10.3. The molecule has 1 saturated heterocycles. The second-order valence-corrected chi connectivity index (χ2v) is 8.54. The third kappa shape index (κ3) is 5.06. The molecule has 1 aliphatic rings. The van der Waals surface area contributed by atoms with E-state index in [1.54, 1.807) is 23.3 Å². The Labute approximate surface area is 186 Å². The molecule has 0 N–H and O–H groups in total. The van der Waals surface area contributed by atoms with Crippen LogP contribution in [0.4, 0.5) is 0 Å². The molecule has 162 valence electrons. The zero-order chi connectivity index (χ0) is 21.8. The lowest BCUT2D eigenvalue weighted by atomic mass is 10.1. The second kappa shape index (κ2) is 9.49. The van der Waals surface area contributed by atoms with Crippen molar-refractivity contribution in [3.63, 3.8) is 0 Å². The first-order chi connectivity index (χ1) is 15.0. The molecule has 2 aromatic carbocycles. The molecule has 0 spiro atoms. The van der Waals surface area contributed by atoms with Gasteiger partial charge in [0.15, 0.2) is 18.1 Å². The Morgan fingerprint density at radius 3 is 2.68 bits per heavy atom. The molecule has 0 saturated carbocycles. The van der Waals surface area contributed by atoms with Gasteiger partial charge in [-0.15, -0.1) is 11.3 Å². The number of amides is 1.